The Kier molecular flexibility index (Phi) is 5.61. The van der Waals surface area contributed by atoms with E-state index in [4.69, 9.17) is 4.74 Å². The highest BCUT2D eigenvalue weighted by Crippen LogP contribution is 2.25. The molecule has 4 rings (SSSR count). The van der Waals surface area contributed by atoms with E-state index in [-0.39, 0.29) is 18.0 Å². The number of ether oxygens (including phenoxy) is 1. The number of cyclic esters (lactones) is 1. The first-order valence-electron chi connectivity index (χ1n) is 10.5. The van der Waals surface area contributed by atoms with Crippen LogP contribution in [0.5, 0.6) is 0 Å². The number of piperazine rings is 1. The molecule has 2 saturated heterocycles. The monoisotopic (exact) mass is 408 g/mol. The third-order valence-electron chi connectivity index (χ3n) is 5.80. The third-order valence-corrected chi connectivity index (χ3v) is 5.80. The van der Waals surface area contributed by atoms with Crippen LogP contribution < -0.4 is 9.80 Å². The van der Waals surface area contributed by atoms with Gasteiger partial charge in [0.1, 0.15) is 12.4 Å². The number of amides is 2. The minimum absolute atomic E-state index is 0.00414. The van der Waals surface area contributed by atoms with Gasteiger partial charge in [0.2, 0.25) is 0 Å². The van der Waals surface area contributed by atoms with Gasteiger partial charge in [0, 0.05) is 43.6 Å². The molecule has 1 atom stereocenters. The Morgan fingerprint density at radius 3 is 2.47 bits per heavy atom. The average Bonchev–Trinajstić information content (AvgIpc) is 3.11. The number of pyridine rings is 1. The van der Waals surface area contributed by atoms with Crippen LogP contribution in [0.2, 0.25) is 0 Å². The van der Waals surface area contributed by atoms with Crippen molar-refractivity contribution in [2.24, 2.45) is 0 Å². The first-order valence-corrected chi connectivity index (χ1v) is 10.5. The Morgan fingerprint density at radius 2 is 1.87 bits per heavy atom. The van der Waals surface area contributed by atoms with Crippen molar-refractivity contribution in [2.75, 3.05) is 42.6 Å². The Bertz CT molecular complexity index is 936. The van der Waals surface area contributed by atoms with Crippen LogP contribution in [0.15, 0.2) is 36.5 Å². The Hall–Kier alpha value is -3.09. The largest absolute Gasteiger partial charge is 0.447 e. The third kappa shape index (κ3) is 3.84. The minimum atomic E-state index is -0.339. The Balaban J connectivity index is 1.40. The molecule has 0 radical (unpaired) electrons. The summed E-state index contributed by atoms with van der Waals surface area (Å²) in [5.41, 5.74) is 3.81. The van der Waals surface area contributed by atoms with Gasteiger partial charge in [-0.2, -0.15) is 0 Å². The number of hydrogen-bond donors (Lipinski definition) is 0. The van der Waals surface area contributed by atoms with E-state index in [1.165, 1.54) is 11.1 Å². The molecule has 2 aliphatic rings. The summed E-state index contributed by atoms with van der Waals surface area (Å²) >= 11 is 0. The van der Waals surface area contributed by atoms with Gasteiger partial charge in [-0.05, 0) is 55.7 Å². The summed E-state index contributed by atoms with van der Waals surface area (Å²) in [4.78, 5) is 35.3. The van der Waals surface area contributed by atoms with Gasteiger partial charge in [-0.1, -0.05) is 13.0 Å². The highest BCUT2D eigenvalue weighted by atomic mass is 16.6. The number of aromatic nitrogens is 1. The molecule has 3 heterocycles. The summed E-state index contributed by atoms with van der Waals surface area (Å²) in [6.45, 7) is 9.39. The summed E-state index contributed by atoms with van der Waals surface area (Å²) < 4.78 is 5.08. The van der Waals surface area contributed by atoms with Crippen LogP contribution in [0.3, 0.4) is 0 Å². The molecule has 2 aliphatic heterocycles. The van der Waals surface area contributed by atoms with Gasteiger partial charge in [0.25, 0.3) is 5.91 Å². The summed E-state index contributed by atoms with van der Waals surface area (Å²) in [5, 5.41) is 0. The van der Waals surface area contributed by atoms with Crippen molar-refractivity contribution >= 4 is 23.5 Å². The summed E-state index contributed by atoms with van der Waals surface area (Å²) in [6.07, 6.45) is 2.51. The van der Waals surface area contributed by atoms with E-state index in [0.29, 0.717) is 25.3 Å². The van der Waals surface area contributed by atoms with Crippen molar-refractivity contribution in [3.63, 3.8) is 0 Å². The molecule has 2 aromatic rings. The van der Waals surface area contributed by atoms with Crippen LogP contribution in [0.25, 0.3) is 0 Å². The van der Waals surface area contributed by atoms with Crippen molar-refractivity contribution < 1.29 is 14.3 Å². The van der Waals surface area contributed by atoms with Gasteiger partial charge in [-0.15, -0.1) is 0 Å². The second-order valence-electron chi connectivity index (χ2n) is 7.97. The lowest BCUT2D eigenvalue weighted by Crippen LogP contribution is -2.49. The van der Waals surface area contributed by atoms with Crippen molar-refractivity contribution in [1.29, 1.82) is 0 Å². The molecule has 0 spiro atoms. The fourth-order valence-electron chi connectivity index (χ4n) is 4.11. The zero-order valence-electron chi connectivity index (χ0n) is 17.8. The van der Waals surface area contributed by atoms with E-state index in [1.807, 2.05) is 30.2 Å². The molecule has 30 heavy (non-hydrogen) atoms. The molecule has 0 aliphatic carbocycles. The highest BCUT2D eigenvalue weighted by Gasteiger charge is 2.31. The topological polar surface area (TPSA) is 66.0 Å². The average molecular weight is 409 g/mol. The molecule has 0 bridgehead atoms. The van der Waals surface area contributed by atoms with Gasteiger partial charge in [-0.25, -0.2) is 9.78 Å². The maximum absolute atomic E-state index is 13.0. The second-order valence-corrected chi connectivity index (χ2v) is 7.97. The molecule has 1 aromatic heterocycles. The minimum Gasteiger partial charge on any atom is -0.447 e. The number of carbonyl (C=O) groups excluding carboxylic acids is 2. The smallest absolute Gasteiger partial charge is 0.414 e. The molecular formula is C23H28N4O3. The van der Waals surface area contributed by atoms with Gasteiger partial charge < -0.3 is 14.5 Å². The highest BCUT2D eigenvalue weighted by molar-refractivity contribution is 5.96. The molecule has 7 nitrogen and oxygen atoms in total. The van der Waals surface area contributed by atoms with Crippen LogP contribution in [-0.4, -0.2) is 60.7 Å². The quantitative estimate of drug-likeness (QED) is 0.777. The fourth-order valence-corrected chi connectivity index (χ4v) is 4.11. The normalized spacial score (nSPS) is 19.2. The zero-order valence-corrected chi connectivity index (χ0v) is 17.8. The number of nitrogens with zero attached hydrogens (tertiary/aromatic N) is 4. The summed E-state index contributed by atoms with van der Waals surface area (Å²) in [6, 6.07) is 9.40. The number of rotatable bonds is 4. The SMILES string of the molecule is CCc1cc(C)cnc1N1CCN(C(=O)c2ccc(N3C(=O)OC[C@H]3C)cc2)CC1. The number of anilines is 2. The molecule has 158 valence electrons. The lowest BCUT2D eigenvalue weighted by molar-refractivity contribution is 0.0746. The number of benzene rings is 1. The van der Waals surface area contributed by atoms with Crippen molar-refractivity contribution in [3.8, 4) is 0 Å². The van der Waals surface area contributed by atoms with Crippen molar-refractivity contribution in [1.82, 2.24) is 9.88 Å². The first kappa shape index (κ1) is 20.2. The molecule has 0 unspecified atom stereocenters. The van der Waals surface area contributed by atoms with Gasteiger partial charge >= 0.3 is 6.09 Å². The molecule has 7 heteroatoms. The predicted molar refractivity (Wildman–Crippen MR) is 116 cm³/mol. The maximum atomic E-state index is 13.0. The molecule has 2 fully saturated rings. The lowest BCUT2D eigenvalue weighted by Gasteiger charge is -2.36. The number of hydrogen-bond acceptors (Lipinski definition) is 5. The maximum Gasteiger partial charge on any atom is 0.414 e. The van der Waals surface area contributed by atoms with E-state index >= 15 is 0 Å². The van der Waals surface area contributed by atoms with Gasteiger partial charge in [0.15, 0.2) is 0 Å². The second kappa shape index (κ2) is 8.34. The van der Waals surface area contributed by atoms with Crippen molar-refractivity contribution in [3.05, 3.63) is 53.2 Å². The molecular weight excluding hydrogens is 380 g/mol. The Labute approximate surface area is 177 Å². The van der Waals surface area contributed by atoms with Crippen LogP contribution in [-0.2, 0) is 11.2 Å². The van der Waals surface area contributed by atoms with Gasteiger partial charge in [0.05, 0.1) is 6.04 Å². The van der Waals surface area contributed by atoms with Crippen LogP contribution in [0.1, 0.15) is 35.3 Å². The van der Waals surface area contributed by atoms with E-state index in [0.717, 1.165) is 31.0 Å². The first-order chi connectivity index (χ1) is 14.5. The van der Waals surface area contributed by atoms with E-state index in [9.17, 15) is 9.59 Å². The molecule has 0 N–H and O–H groups in total. The molecule has 2 amide bonds. The Morgan fingerprint density at radius 1 is 1.17 bits per heavy atom. The van der Waals surface area contributed by atoms with Crippen LogP contribution in [0, 0.1) is 6.92 Å². The number of carbonyl (C=O) groups is 2. The molecule has 1 aromatic carbocycles. The van der Waals surface area contributed by atoms with E-state index in [2.05, 4.69) is 29.8 Å². The summed E-state index contributed by atoms with van der Waals surface area (Å²) in [7, 11) is 0. The van der Waals surface area contributed by atoms with Crippen molar-refractivity contribution in [2.45, 2.75) is 33.2 Å². The van der Waals surface area contributed by atoms with E-state index in [1.54, 1.807) is 17.0 Å². The molecule has 0 saturated carbocycles. The standard InChI is InChI=1S/C23H28N4O3/c1-4-18-13-16(2)14-24-21(18)25-9-11-26(12-10-25)22(28)19-5-7-20(8-6-19)27-17(3)15-30-23(27)29/h5-8,13-14,17H,4,9-12,15H2,1-3H3/t17-/m1/s1. The predicted octanol–water partition coefficient (Wildman–Crippen LogP) is 3.26. The van der Waals surface area contributed by atoms with Crippen LogP contribution in [0.4, 0.5) is 16.3 Å². The van der Waals surface area contributed by atoms with E-state index < -0.39 is 0 Å². The number of aryl methyl sites for hydroxylation is 2. The van der Waals surface area contributed by atoms with Gasteiger partial charge in [-0.3, -0.25) is 9.69 Å². The lowest BCUT2D eigenvalue weighted by atomic mass is 10.1. The van der Waals surface area contributed by atoms with Crippen LogP contribution >= 0.6 is 0 Å². The fraction of sp³-hybridized carbons (Fsp3) is 0.435. The summed E-state index contributed by atoms with van der Waals surface area (Å²) in [5.74, 6) is 1.05. The zero-order chi connectivity index (χ0) is 21.3.